The lowest BCUT2D eigenvalue weighted by Gasteiger charge is -2.16. The van der Waals surface area contributed by atoms with Crippen LogP contribution in [0.15, 0.2) is 0 Å². The van der Waals surface area contributed by atoms with E-state index >= 15 is 0 Å². The third-order valence-electron chi connectivity index (χ3n) is 1.95. The summed E-state index contributed by atoms with van der Waals surface area (Å²) < 4.78 is 40.6. The minimum Gasteiger partial charge on any atom is -0.369 e. The first kappa shape index (κ1) is 14.7. The monoisotopic (exact) mass is 227 g/mol. The van der Waals surface area contributed by atoms with E-state index in [0.717, 1.165) is 19.9 Å². The zero-order chi connectivity index (χ0) is 11.9. The van der Waals surface area contributed by atoms with Crippen LogP contribution in [0.3, 0.4) is 0 Å². The maximum Gasteiger partial charge on any atom is 0.414 e. The van der Waals surface area contributed by atoms with Gasteiger partial charge < -0.3 is 10.1 Å². The van der Waals surface area contributed by atoms with Crippen LogP contribution in [0.2, 0.25) is 0 Å². The molecule has 0 aliphatic carbocycles. The molecule has 1 N–H and O–H groups in total. The van der Waals surface area contributed by atoms with Crippen LogP contribution in [0.5, 0.6) is 0 Å². The average Bonchev–Trinajstić information content (AvgIpc) is 2.08. The highest BCUT2D eigenvalue weighted by Crippen LogP contribution is 2.22. The molecule has 2 nitrogen and oxygen atoms in total. The van der Waals surface area contributed by atoms with Gasteiger partial charge in [-0.3, -0.25) is 0 Å². The molecule has 0 bridgehead atoms. The highest BCUT2D eigenvalue weighted by atomic mass is 19.4. The molecule has 0 aliphatic heterocycles. The fourth-order valence-electron chi connectivity index (χ4n) is 0.972. The minimum absolute atomic E-state index is 0.167. The summed E-state index contributed by atoms with van der Waals surface area (Å²) in [6, 6.07) is 0.417. The Morgan fingerprint density at radius 1 is 1.13 bits per heavy atom. The van der Waals surface area contributed by atoms with Crippen molar-refractivity contribution in [2.45, 2.75) is 51.9 Å². The van der Waals surface area contributed by atoms with Gasteiger partial charge in [-0.1, -0.05) is 13.8 Å². The van der Waals surface area contributed by atoms with Gasteiger partial charge in [-0.25, -0.2) is 0 Å². The minimum atomic E-state index is -4.24. The Balaban J connectivity index is 3.32. The van der Waals surface area contributed by atoms with Gasteiger partial charge in [0.15, 0.2) is 6.10 Å². The van der Waals surface area contributed by atoms with E-state index in [4.69, 9.17) is 0 Å². The molecule has 0 aromatic heterocycles. The Hall–Kier alpha value is -0.290. The Morgan fingerprint density at radius 2 is 1.73 bits per heavy atom. The van der Waals surface area contributed by atoms with Gasteiger partial charge in [0.2, 0.25) is 0 Å². The number of nitrogens with one attached hydrogen (secondary N) is 1. The number of ether oxygens (including phenoxy) is 1. The highest BCUT2D eigenvalue weighted by Gasteiger charge is 2.36. The first-order chi connectivity index (χ1) is 6.84. The molecule has 1 atom stereocenters. The molecular formula is C10H20F3NO. The summed E-state index contributed by atoms with van der Waals surface area (Å²) in [4.78, 5) is 0. The van der Waals surface area contributed by atoms with Gasteiger partial charge in [0, 0.05) is 12.6 Å². The Morgan fingerprint density at radius 3 is 2.20 bits per heavy atom. The fraction of sp³-hybridized carbons (Fsp3) is 1.00. The molecule has 0 amide bonds. The van der Waals surface area contributed by atoms with Crippen molar-refractivity contribution in [2.24, 2.45) is 0 Å². The molecule has 1 unspecified atom stereocenters. The van der Waals surface area contributed by atoms with Crippen molar-refractivity contribution in [1.82, 2.24) is 5.32 Å². The normalized spacial score (nSPS) is 14.6. The van der Waals surface area contributed by atoms with E-state index in [1.165, 1.54) is 0 Å². The van der Waals surface area contributed by atoms with E-state index in [0.29, 0.717) is 12.5 Å². The number of halogens is 3. The third-order valence-corrected chi connectivity index (χ3v) is 1.95. The van der Waals surface area contributed by atoms with Crippen LogP contribution in [0.25, 0.3) is 0 Å². The van der Waals surface area contributed by atoms with E-state index in [1.54, 1.807) is 0 Å². The zero-order valence-corrected chi connectivity index (χ0v) is 9.53. The summed E-state index contributed by atoms with van der Waals surface area (Å²) in [6.45, 7) is 6.08. The van der Waals surface area contributed by atoms with Gasteiger partial charge in [-0.05, 0) is 26.3 Å². The van der Waals surface area contributed by atoms with E-state index in [-0.39, 0.29) is 6.61 Å². The topological polar surface area (TPSA) is 21.3 Å². The number of alkyl halides is 3. The number of unbranched alkanes of at least 4 members (excludes halogenated alkanes) is 1. The lowest BCUT2D eigenvalue weighted by molar-refractivity contribution is -0.214. The van der Waals surface area contributed by atoms with E-state index < -0.39 is 12.3 Å². The molecule has 0 spiro atoms. The molecule has 92 valence electrons. The SMILES string of the molecule is CC(C)NCCCCOC(C)C(F)(F)F. The summed E-state index contributed by atoms with van der Waals surface area (Å²) in [5.41, 5.74) is 0. The molecule has 0 aromatic carbocycles. The molecule has 0 radical (unpaired) electrons. The summed E-state index contributed by atoms with van der Waals surface area (Å²) in [5, 5.41) is 3.19. The Labute approximate surface area is 89.2 Å². The van der Waals surface area contributed by atoms with Crippen LogP contribution in [0, 0.1) is 0 Å². The summed E-state index contributed by atoms with van der Waals surface area (Å²) >= 11 is 0. The molecule has 0 heterocycles. The fourth-order valence-corrected chi connectivity index (χ4v) is 0.972. The van der Waals surface area contributed by atoms with Crippen molar-refractivity contribution >= 4 is 0 Å². The lowest BCUT2D eigenvalue weighted by atomic mass is 10.3. The van der Waals surface area contributed by atoms with Gasteiger partial charge in [0.1, 0.15) is 0 Å². The van der Waals surface area contributed by atoms with Crippen LogP contribution < -0.4 is 5.32 Å². The van der Waals surface area contributed by atoms with Gasteiger partial charge in [0.25, 0.3) is 0 Å². The molecule has 0 aromatic rings. The first-order valence-corrected chi connectivity index (χ1v) is 5.25. The first-order valence-electron chi connectivity index (χ1n) is 5.25. The molecule has 0 saturated heterocycles. The van der Waals surface area contributed by atoms with Crippen molar-refractivity contribution < 1.29 is 17.9 Å². The van der Waals surface area contributed by atoms with Gasteiger partial charge in [0.05, 0.1) is 0 Å². The van der Waals surface area contributed by atoms with E-state index in [1.807, 2.05) is 13.8 Å². The van der Waals surface area contributed by atoms with Crippen LogP contribution in [-0.4, -0.2) is 31.5 Å². The summed E-state index contributed by atoms with van der Waals surface area (Å²) in [5.74, 6) is 0. The quantitative estimate of drug-likeness (QED) is 0.675. The van der Waals surface area contributed by atoms with E-state index in [9.17, 15) is 13.2 Å². The molecule has 0 aliphatic rings. The number of hydrogen-bond donors (Lipinski definition) is 1. The van der Waals surface area contributed by atoms with Gasteiger partial charge in [-0.15, -0.1) is 0 Å². The van der Waals surface area contributed by atoms with Crippen LogP contribution in [0.1, 0.15) is 33.6 Å². The third kappa shape index (κ3) is 8.69. The van der Waals surface area contributed by atoms with E-state index in [2.05, 4.69) is 10.1 Å². The molecular weight excluding hydrogens is 207 g/mol. The zero-order valence-electron chi connectivity index (χ0n) is 9.53. The molecule has 0 saturated carbocycles. The van der Waals surface area contributed by atoms with Crippen LogP contribution >= 0.6 is 0 Å². The average molecular weight is 227 g/mol. The van der Waals surface area contributed by atoms with Crippen LogP contribution in [-0.2, 0) is 4.74 Å². The summed E-state index contributed by atoms with van der Waals surface area (Å²) in [6.07, 6.45) is -4.41. The molecule has 15 heavy (non-hydrogen) atoms. The highest BCUT2D eigenvalue weighted by molar-refractivity contribution is 4.60. The largest absolute Gasteiger partial charge is 0.414 e. The van der Waals surface area contributed by atoms with Crippen LogP contribution in [0.4, 0.5) is 13.2 Å². The van der Waals surface area contributed by atoms with Gasteiger partial charge in [-0.2, -0.15) is 13.2 Å². The molecule has 0 fully saturated rings. The second-order valence-electron chi connectivity index (χ2n) is 3.87. The second kappa shape index (κ2) is 7.06. The van der Waals surface area contributed by atoms with Gasteiger partial charge >= 0.3 is 6.18 Å². The van der Waals surface area contributed by atoms with Crippen molar-refractivity contribution in [2.75, 3.05) is 13.2 Å². The predicted molar refractivity (Wildman–Crippen MR) is 53.8 cm³/mol. The number of rotatable bonds is 7. The smallest absolute Gasteiger partial charge is 0.369 e. The van der Waals surface area contributed by atoms with Crippen molar-refractivity contribution in [3.63, 3.8) is 0 Å². The lowest BCUT2D eigenvalue weighted by Crippen LogP contribution is -2.29. The van der Waals surface area contributed by atoms with Crippen molar-refractivity contribution in [3.05, 3.63) is 0 Å². The molecule has 0 rings (SSSR count). The standard InChI is InChI=1S/C10H20F3NO/c1-8(2)14-6-4-5-7-15-9(3)10(11,12)13/h8-9,14H,4-7H2,1-3H3. The Kier molecular flexibility index (Phi) is 6.92. The van der Waals surface area contributed by atoms with Crippen molar-refractivity contribution in [1.29, 1.82) is 0 Å². The maximum atomic E-state index is 12.0. The Bertz CT molecular complexity index is 159. The summed E-state index contributed by atoms with van der Waals surface area (Å²) in [7, 11) is 0. The number of hydrogen-bond acceptors (Lipinski definition) is 2. The van der Waals surface area contributed by atoms with Crippen molar-refractivity contribution in [3.8, 4) is 0 Å². The molecule has 5 heteroatoms. The maximum absolute atomic E-state index is 12.0. The predicted octanol–water partition coefficient (Wildman–Crippen LogP) is 2.73. The second-order valence-corrected chi connectivity index (χ2v) is 3.87.